The summed E-state index contributed by atoms with van der Waals surface area (Å²) in [6.07, 6.45) is 0. The standard InChI is InChI=1S/C11H12BrClN2/c1-7(2)6-15-10-4-3-8(12)5-9(10)14-11(15)13/h3-5,7H,6H2,1-2H3. The number of rotatable bonds is 2. The van der Waals surface area contributed by atoms with Crippen molar-refractivity contribution in [1.82, 2.24) is 9.55 Å². The van der Waals surface area contributed by atoms with Crippen LogP contribution in [0.5, 0.6) is 0 Å². The lowest BCUT2D eigenvalue weighted by Crippen LogP contribution is -2.03. The molecule has 2 rings (SSSR count). The molecule has 0 aliphatic heterocycles. The number of aromatic nitrogens is 2. The summed E-state index contributed by atoms with van der Waals surface area (Å²) in [4.78, 5) is 4.33. The highest BCUT2D eigenvalue weighted by molar-refractivity contribution is 9.10. The number of hydrogen-bond donors (Lipinski definition) is 0. The van der Waals surface area contributed by atoms with Gasteiger partial charge in [-0.2, -0.15) is 0 Å². The van der Waals surface area contributed by atoms with Crippen molar-refractivity contribution in [2.24, 2.45) is 5.92 Å². The van der Waals surface area contributed by atoms with E-state index in [2.05, 4.69) is 34.8 Å². The minimum atomic E-state index is 0.559. The number of hydrogen-bond acceptors (Lipinski definition) is 1. The maximum Gasteiger partial charge on any atom is 0.203 e. The van der Waals surface area contributed by atoms with Gasteiger partial charge in [0.2, 0.25) is 5.28 Å². The lowest BCUT2D eigenvalue weighted by atomic mass is 10.2. The molecule has 4 heteroatoms. The third-order valence-corrected chi connectivity index (χ3v) is 2.99. The van der Waals surface area contributed by atoms with Crippen LogP contribution in [0.25, 0.3) is 11.0 Å². The monoisotopic (exact) mass is 286 g/mol. The Balaban J connectivity index is 2.58. The highest BCUT2D eigenvalue weighted by Gasteiger charge is 2.09. The van der Waals surface area contributed by atoms with Gasteiger partial charge in [0.1, 0.15) is 0 Å². The second-order valence-electron chi connectivity index (χ2n) is 4.02. The van der Waals surface area contributed by atoms with Crippen LogP contribution in [-0.4, -0.2) is 9.55 Å². The summed E-state index contributed by atoms with van der Waals surface area (Å²) >= 11 is 9.53. The number of benzene rings is 1. The fourth-order valence-corrected chi connectivity index (χ4v) is 2.21. The van der Waals surface area contributed by atoms with E-state index in [0.717, 1.165) is 22.1 Å². The molecule has 0 spiro atoms. The Morgan fingerprint density at radius 2 is 2.20 bits per heavy atom. The van der Waals surface area contributed by atoms with Crippen LogP contribution in [0.2, 0.25) is 5.28 Å². The summed E-state index contributed by atoms with van der Waals surface area (Å²) in [5, 5.41) is 0.566. The van der Waals surface area contributed by atoms with Crippen molar-refractivity contribution in [2.75, 3.05) is 0 Å². The fourth-order valence-electron chi connectivity index (χ4n) is 1.61. The zero-order chi connectivity index (χ0) is 11.0. The molecule has 0 atom stereocenters. The molecule has 0 aliphatic rings. The Morgan fingerprint density at radius 1 is 1.47 bits per heavy atom. The van der Waals surface area contributed by atoms with Crippen LogP contribution in [0.1, 0.15) is 13.8 Å². The third kappa shape index (κ3) is 2.18. The molecule has 2 nitrogen and oxygen atoms in total. The maximum atomic E-state index is 6.10. The normalized spacial score (nSPS) is 11.5. The van der Waals surface area contributed by atoms with Crippen LogP contribution in [0.15, 0.2) is 22.7 Å². The van der Waals surface area contributed by atoms with Crippen LogP contribution in [0.3, 0.4) is 0 Å². The van der Waals surface area contributed by atoms with Gasteiger partial charge in [0, 0.05) is 11.0 Å². The smallest absolute Gasteiger partial charge is 0.203 e. The van der Waals surface area contributed by atoms with E-state index in [0.29, 0.717) is 11.2 Å². The van der Waals surface area contributed by atoms with Gasteiger partial charge in [0.05, 0.1) is 11.0 Å². The Hall–Kier alpha value is -0.540. The van der Waals surface area contributed by atoms with Crippen molar-refractivity contribution in [2.45, 2.75) is 20.4 Å². The minimum absolute atomic E-state index is 0.559. The van der Waals surface area contributed by atoms with Gasteiger partial charge in [-0.15, -0.1) is 0 Å². The summed E-state index contributed by atoms with van der Waals surface area (Å²) < 4.78 is 3.08. The summed E-state index contributed by atoms with van der Waals surface area (Å²) in [5.41, 5.74) is 2.03. The lowest BCUT2D eigenvalue weighted by molar-refractivity contribution is 0.533. The van der Waals surface area contributed by atoms with Gasteiger partial charge in [-0.3, -0.25) is 0 Å². The number of halogens is 2. The maximum absolute atomic E-state index is 6.10. The third-order valence-electron chi connectivity index (χ3n) is 2.21. The first-order chi connectivity index (χ1) is 7.08. The first kappa shape index (κ1) is 11.0. The molecule has 1 aromatic carbocycles. The Kier molecular flexibility index (Phi) is 3.03. The van der Waals surface area contributed by atoms with E-state index in [9.17, 15) is 0 Å². The van der Waals surface area contributed by atoms with E-state index in [4.69, 9.17) is 11.6 Å². The second-order valence-corrected chi connectivity index (χ2v) is 5.27. The number of nitrogens with zero attached hydrogens (tertiary/aromatic N) is 2. The molecular formula is C11H12BrClN2. The Bertz CT molecular complexity index is 491. The SMILES string of the molecule is CC(C)Cn1c(Cl)nc2cc(Br)ccc21. The molecule has 0 fully saturated rings. The van der Waals surface area contributed by atoms with Gasteiger partial charge < -0.3 is 4.57 Å². The van der Waals surface area contributed by atoms with E-state index in [1.807, 2.05) is 22.8 Å². The highest BCUT2D eigenvalue weighted by atomic mass is 79.9. The Labute approximate surface area is 102 Å². The number of fused-ring (bicyclic) bond motifs is 1. The Morgan fingerprint density at radius 3 is 2.87 bits per heavy atom. The quantitative estimate of drug-likeness (QED) is 0.813. The van der Waals surface area contributed by atoms with Crippen molar-refractivity contribution in [3.05, 3.63) is 28.0 Å². The van der Waals surface area contributed by atoms with Crippen LogP contribution in [0, 0.1) is 5.92 Å². The van der Waals surface area contributed by atoms with E-state index < -0.39 is 0 Å². The van der Waals surface area contributed by atoms with Gasteiger partial charge in [0.25, 0.3) is 0 Å². The first-order valence-corrected chi connectivity index (χ1v) is 6.06. The van der Waals surface area contributed by atoms with E-state index in [1.54, 1.807) is 0 Å². The van der Waals surface area contributed by atoms with Gasteiger partial charge >= 0.3 is 0 Å². The van der Waals surface area contributed by atoms with Gasteiger partial charge in [-0.05, 0) is 35.7 Å². The molecule has 0 saturated carbocycles. The van der Waals surface area contributed by atoms with Crippen molar-refractivity contribution >= 4 is 38.6 Å². The topological polar surface area (TPSA) is 17.8 Å². The van der Waals surface area contributed by atoms with Crippen LogP contribution >= 0.6 is 27.5 Å². The highest BCUT2D eigenvalue weighted by Crippen LogP contribution is 2.24. The van der Waals surface area contributed by atoms with E-state index in [1.165, 1.54) is 0 Å². The largest absolute Gasteiger partial charge is 0.314 e. The van der Waals surface area contributed by atoms with Crippen LogP contribution in [0.4, 0.5) is 0 Å². The molecule has 80 valence electrons. The van der Waals surface area contributed by atoms with E-state index >= 15 is 0 Å². The number of imidazole rings is 1. The van der Waals surface area contributed by atoms with Crippen LogP contribution < -0.4 is 0 Å². The molecule has 0 amide bonds. The molecular weight excluding hydrogens is 275 g/mol. The van der Waals surface area contributed by atoms with Gasteiger partial charge in [-0.25, -0.2) is 4.98 Å². The van der Waals surface area contributed by atoms with Crippen molar-refractivity contribution < 1.29 is 0 Å². The molecule has 0 aliphatic carbocycles. The van der Waals surface area contributed by atoms with Crippen LogP contribution in [-0.2, 0) is 6.54 Å². The molecule has 1 heterocycles. The predicted octanol–water partition coefficient (Wildman–Crippen LogP) is 4.11. The van der Waals surface area contributed by atoms with Crippen molar-refractivity contribution in [3.8, 4) is 0 Å². The molecule has 0 bridgehead atoms. The predicted molar refractivity (Wildman–Crippen MR) is 67.3 cm³/mol. The van der Waals surface area contributed by atoms with Gasteiger partial charge in [-0.1, -0.05) is 29.8 Å². The molecule has 0 unspecified atom stereocenters. The minimum Gasteiger partial charge on any atom is -0.314 e. The zero-order valence-corrected chi connectivity index (χ0v) is 11.0. The van der Waals surface area contributed by atoms with Crippen molar-refractivity contribution in [1.29, 1.82) is 0 Å². The van der Waals surface area contributed by atoms with E-state index in [-0.39, 0.29) is 0 Å². The summed E-state index contributed by atoms with van der Waals surface area (Å²) in [5.74, 6) is 0.559. The lowest BCUT2D eigenvalue weighted by Gasteiger charge is -2.08. The first-order valence-electron chi connectivity index (χ1n) is 4.89. The van der Waals surface area contributed by atoms with Crippen molar-refractivity contribution in [3.63, 3.8) is 0 Å². The summed E-state index contributed by atoms with van der Waals surface area (Å²) in [6, 6.07) is 6.04. The molecule has 2 aromatic rings. The molecule has 0 N–H and O–H groups in total. The average Bonchev–Trinajstić information content (AvgIpc) is 2.41. The molecule has 0 saturated heterocycles. The molecule has 0 radical (unpaired) electrons. The second kappa shape index (κ2) is 4.14. The zero-order valence-electron chi connectivity index (χ0n) is 8.67. The molecule has 15 heavy (non-hydrogen) atoms. The van der Waals surface area contributed by atoms with Gasteiger partial charge in [0.15, 0.2) is 0 Å². The average molecular weight is 288 g/mol. The fraction of sp³-hybridized carbons (Fsp3) is 0.364. The molecule has 1 aromatic heterocycles. The summed E-state index contributed by atoms with van der Waals surface area (Å²) in [6.45, 7) is 5.24. The summed E-state index contributed by atoms with van der Waals surface area (Å²) in [7, 11) is 0.